The molecule has 3 heteroatoms. The Kier molecular flexibility index (Phi) is 4.00. The van der Waals surface area contributed by atoms with Crippen molar-refractivity contribution in [2.75, 3.05) is 19.8 Å². The molecule has 4 atom stereocenters. The van der Waals surface area contributed by atoms with E-state index in [2.05, 4.69) is 18.6 Å². The molecule has 1 aliphatic carbocycles. The zero-order valence-corrected chi connectivity index (χ0v) is 9.78. The van der Waals surface area contributed by atoms with Crippen molar-refractivity contribution in [1.82, 2.24) is 0 Å². The first-order valence-corrected chi connectivity index (χ1v) is 6.10. The van der Waals surface area contributed by atoms with Crippen LogP contribution in [0.1, 0.15) is 33.1 Å². The third-order valence-corrected chi connectivity index (χ3v) is 2.97. The number of rotatable bonds is 0. The van der Waals surface area contributed by atoms with Gasteiger partial charge in [-0.05, 0) is 32.1 Å². The molecule has 1 saturated carbocycles. The topological polar surface area (TPSA) is 37.6 Å². The van der Waals surface area contributed by atoms with Gasteiger partial charge in [0.1, 0.15) is 0 Å². The summed E-state index contributed by atoms with van der Waals surface area (Å²) >= 11 is 0. The van der Waals surface area contributed by atoms with Gasteiger partial charge in [0.25, 0.3) is 0 Å². The highest BCUT2D eigenvalue weighted by Crippen LogP contribution is 2.38. The van der Waals surface area contributed by atoms with Gasteiger partial charge >= 0.3 is 0 Å². The highest BCUT2D eigenvalue weighted by Gasteiger charge is 2.42. The van der Waals surface area contributed by atoms with Crippen LogP contribution in [0.25, 0.3) is 0 Å². The fraction of sp³-hybridized carbons (Fsp3) is 1.00. The minimum Gasteiger partial charge on any atom is -0.377 e. The van der Waals surface area contributed by atoms with Crippen LogP contribution in [0.15, 0.2) is 0 Å². The van der Waals surface area contributed by atoms with Crippen LogP contribution >= 0.6 is 0 Å². The maximum Gasteiger partial charge on any atom is 0.0844 e. The smallest absolute Gasteiger partial charge is 0.0844 e. The molecule has 0 aromatic rings. The van der Waals surface area contributed by atoms with Gasteiger partial charge in [0.15, 0.2) is 0 Å². The molecule has 0 N–H and O–H groups in total. The van der Waals surface area contributed by atoms with E-state index in [1.165, 1.54) is 19.3 Å². The molecule has 0 radical (unpaired) electrons. The molecule has 0 aromatic carbocycles. The largest absolute Gasteiger partial charge is 0.377 e. The average Bonchev–Trinajstić information content (AvgIpc) is 3.04. The molecule has 0 bridgehead atoms. The third kappa shape index (κ3) is 5.50. The van der Waals surface area contributed by atoms with Gasteiger partial charge in [0.05, 0.1) is 38.1 Å². The van der Waals surface area contributed by atoms with Crippen molar-refractivity contribution in [3.8, 4) is 0 Å². The van der Waals surface area contributed by atoms with Gasteiger partial charge < -0.3 is 14.2 Å². The van der Waals surface area contributed by atoms with Crippen molar-refractivity contribution in [2.24, 2.45) is 5.92 Å². The van der Waals surface area contributed by atoms with Crippen LogP contribution < -0.4 is 0 Å². The lowest BCUT2D eigenvalue weighted by Gasteiger charge is -2.11. The summed E-state index contributed by atoms with van der Waals surface area (Å²) in [6.45, 7) is 7.36. The van der Waals surface area contributed by atoms with Gasteiger partial charge in [-0.15, -0.1) is 0 Å². The quantitative estimate of drug-likeness (QED) is 0.579. The summed E-state index contributed by atoms with van der Waals surface area (Å²) in [6, 6.07) is 0. The summed E-state index contributed by atoms with van der Waals surface area (Å²) in [4.78, 5) is 0. The molecule has 3 heterocycles. The van der Waals surface area contributed by atoms with Crippen molar-refractivity contribution >= 4 is 0 Å². The van der Waals surface area contributed by atoms with Crippen LogP contribution in [0, 0.1) is 5.92 Å². The fourth-order valence-corrected chi connectivity index (χ4v) is 1.70. The van der Waals surface area contributed by atoms with Gasteiger partial charge in [0, 0.05) is 0 Å². The molecular weight excluding hydrogens is 192 g/mol. The molecule has 4 fully saturated rings. The van der Waals surface area contributed by atoms with E-state index in [0.717, 1.165) is 25.7 Å². The second-order valence-corrected chi connectivity index (χ2v) is 4.89. The van der Waals surface area contributed by atoms with Crippen molar-refractivity contribution in [2.45, 2.75) is 51.4 Å². The predicted molar refractivity (Wildman–Crippen MR) is 57.9 cm³/mol. The maximum atomic E-state index is 5.35. The Morgan fingerprint density at radius 3 is 1.93 bits per heavy atom. The Hall–Kier alpha value is -0.120. The molecular formula is C12H22O3. The van der Waals surface area contributed by atoms with Crippen LogP contribution in [0.4, 0.5) is 0 Å². The van der Waals surface area contributed by atoms with Crippen LogP contribution in [0.3, 0.4) is 0 Å². The van der Waals surface area contributed by atoms with E-state index in [1.54, 1.807) is 0 Å². The molecule has 3 aliphatic heterocycles. The Morgan fingerprint density at radius 2 is 1.60 bits per heavy atom. The summed E-state index contributed by atoms with van der Waals surface area (Å²) in [5.41, 5.74) is 0. The molecule has 0 spiro atoms. The normalized spacial score (nSPS) is 43.6. The summed E-state index contributed by atoms with van der Waals surface area (Å²) in [7, 11) is 0. The zero-order chi connectivity index (χ0) is 10.7. The first-order chi connectivity index (χ1) is 7.25. The van der Waals surface area contributed by atoms with E-state index in [4.69, 9.17) is 9.47 Å². The van der Waals surface area contributed by atoms with E-state index < -0.39 is 0 Å². The molecule has 4 aliphatic rings. The van der Waals surface area contributed by atoms with E-state index in [-0.39, 0.29) is 0 Å². The summed E-state index contributed by atoms with van der Waals surface area (Å²) in [6.07, 6.45) is 5.99. The minimum atomic E-state index is 0.583. The van der Waals surface area contributed by atoms with Gasteiger partial charge in [-0.1, -0.05) is 6.92 Å². The maximum absolute atomic E-state index is 5.35. The second kappa shape index (κ2) is 5.28. The molecule has 3 nitrogen and oxygen atoms in total. The molecule has 4 unspecified atom stereocenters. The SMILES string of the molecule is C1CO1.CC1CCC2OC2C1.CC1CO1. The standard InChI is InChI=1S/C7H12O.C3H6O.C2H4O/c1-5-2-3-6-7(4-5)8-6;1-3-2-4-3;1-2-3-1/h5-7H,2-4H2,1H3;3H,2H2,1H3;1-2H2. The van der Waals surface area contributed by atoms with Gasteiger partial charge in [-0.2, -0.15) is 0 Å². The van der Waals surface area contributed by atoms with Crippen molar-refractivity contribution in [3.63, 3.8) is 0 Å². The van der Waals surface area contributed by atoms with Crippen molar-refractivity contribution < 1.29 is 14.2 Å². The summed E-state index contributed by atoms with van der Waals surface area (Å²) in [5.74, 6) is 0.929. The van der Waals surface area contributed by atoms with E-state index in [9.17, 15) is 0 Å². The van der Waals surface area contributed by atoms with Gasteiger partial charge in [0.2, 0.25) is 0 Å². The molecule has 3 saturated heterocycles. The van der Waals surface area contributed by atoms with Gasteiger partial charge in [-0.25, -0.2) is 0 Å². The lowest BCUT2D eigenvalue weighted by molar-refractivity contribution is 0.367. The number of hydrogen-bond donors (Lipinski definition) is 0. The number of hydrogen-bond acceptors (Lipinski definition) is 3. The average molecular weight is 214 g/mol. The molecule has 88 valence electrons. The second-order valence-electron chi connectivity index (χ2n) is 4.89. The van der Waals surface area contributed by atoms with Crippen molar-refractivity contribution in [1.29, 1.82) is 0 Å². The highest BCUT2D eigenvalue weighted by atomic mass is 16.6. The van der Waals surface area contributed by atoms with Crippen LogP contribution in [-0.2, 0) is 14.2 Å². The summed E-state index contributed by atoms with van der Waals surface area (Å²) in [5, 5.41) is 0. The number of ether oxygens (including phenoxy) is 3. The fourth-order valence-electron chi connectivity index (χ4n) is 1.70. The Bertz CT molecular complexity index is 187. The molecule has 15 heavy (non-hydrogen) atoms. The lowest BCUT2D eigenvalue weighted by atomic mass is 9.91. The molecule has 0 amide bonds. The number of fused-ring (bicyclic) bond motifs is 1. The Morgan fingerprint density at radius 1 is 1.00 bits per heavy atom. The van der Waals surface area contributed by atoms with E-state index >= 15 is 0 Å². The molecule has 4 rings (SSSR count). The van der Waals surface area contributed by atoms with Gasteiger partial charge in [-0.3, -0.25) is 0 Å². The predicted octanol–water partition coefficient (Wildman–Crippen LogP) is 2.00. The summed E-state index contributed by atoms with van der Waals surface area (Å²) < 4.78 is 14.6. The zero-order valence-electron chi connectivity index (χ0n) is 9.78. The highest BCUT2D eigenvalue weighted by molar-refractivity contribution is 4.90. The van der Waals surface area contributed by atoms with Crippen LogP contribution in [0.5, 0.6) is 0 Å². The van der Waals surface area contributed by atoms with E-state index in [1.807, 2.05) is 0 Å². The monoisotopic (exact) mass is 214 g/mol. The molecule has 0 aromatic heterocycles. The first kappa shape index (κ1) is 11.4. The lowest BCUT2D eigenvalue weighted by Crippen LogP contribution is -2.09. The van der Waals surface area contributed by atoms with Crippen LogP contribution in [-0.4, -0.2) is 38.1 Å². The first-order valence-electron chi connectivity index (χ1n) is 6.10. The Balaban J connectivity index is 0.000000101. The Labute approximate surface area is 92.1 Å². The van der Waals surface area contributed by atoms with Crippen molar-refractivity contribution in [3.05, 3.63) is 0 Å². The van der Waals surface area contributed by atoms with Crippen LogP contribution in [0.2, 0.25) is 0 Å². The third-order valence-electron chi connectivity index (χ3n) is 2.97. The minimum absolute atomic E-state index is 0.583. The van der Waals surface area contributed by atoms with E-state index in [0.29, 0.717) is 18.3 Å². The number of epoxide rings is 3.